The van der Waals surface area contributed by atoms with E-state index in [1.807, 2.05) is 0 Å². The molecule has 0 saturated carbocycles. The smallest absolute Gasteiger partial charge is 0.278 e. The molecule has 3 N–H and O–H groups in total. The minimum Gasteiger partial charge on any atom is -0.395 e. The zero-order valence-corrected chi connectivity index (χ0v) is 9.51. The molecule has 0 aliphatic rings. The van der Waals surface area contributed by atoms with Crippen LogP contribution in [0.3, 0.4) is 0 Å². The number of nitrogens with zero attached hydrogens (tertiary/aromatic N) is 4. The molecule has 0 atom stereocenters. The van der Waals surface area contributed by atoms with Crippen LogP contribution in [-0.2, 0) is 7.05 Å². The topological polar surface area (TPSA) is 98.7 Å². The van der Waals surface area contributed by atoms with Crippen LogP contribution in [0.2, 0.25) is 0 Å². The number of amides is 1. The van der Waals surface area contributed by atoms with Gasteiger partial charge in [0, 0.05) is 19.4 Å². The normalized spacial score (nSPS) is 10.2. The van der Waals surface area contributed by atoms with Crippen molar-refractivity contribution < 1.29 is 4.79 Å². The summed E-state index contributed by atoms with van der Waals surface area (Å²) >= 11 is 0. The second kappa shape index (κ2) is 4.20. The zero-order chi connectivity index (χ0) is 12.4. The van der Waals surface area contributed by atoms with E-state index in [9.17, 15) is 4.79 Å². The maximum atomic E-state index is 11.9. The van der Waals surface area contributed by atoms with E-state index in [4.69, 9.17) is 5.73 Å². The number of carbonyl (C=O) groups excluding carboxylic acids is 1. The lowest BCUT2D eigenvalue weighted by atomic mass is 10.3. The molecule has 7 heteroatoms. The Morgan fingerprint density at radius 3 is 2.59 bits per heavy atom. The number of anilines is 2. The Morgan fingerprint density at radius 2 is 2.06 bits per heavy atom. The Kier molecular flexibility index (Phi) is 2.73. The molecule has 0 bridgehead atoms. The maximum Gasteiger partial charge on any atom is 0.278 e. The lowest BCUT2D eigenvalue weighted by Gasteiger charge is -2.04. The van der Waals surface area contributed by atoms with Crippen molar-refractivity contribution in [1.82, 2.24) is 19.7 Å². The highest BCUT2D eigenvalue weighted by molar-refractivity contribution is 6.05. The van der Waals surface area contributed by atoms with Gasteiger partial charge in [-0.15, -0.1) is 0 Å². The number of carbonyl (C=O) groups is 1. The maximum absolute atomic E-state index is 11.9. The van der Waals surface area contributed by atoms with Crippen molar-refractivity contribution in [2.75, 3.05) is 11.1 Å². The number of rotatable bonds is 2. The average molecular weight is 232 g/mol. The van der Waals surface area contributed by atoms with Crippen LogP contribution in [0, 0.1) is 6.92 Å². The van der Waals surface area contributed by atoms with Gasteiger partial charge in [0.15, 0.2) is 0 Å². The quantitative estimate of drug-likeness (QED) is 0.778. The minimum absolute atomic E-state index is 0.232. The van der Waals surface area contributed by atoms with E-state index in [-0.39, 0.29) is 11.9 Å². The first-order valence-corrected chi connectivity index (χ1v) is 4.97. The summed E-state index contributed by atoms with van der Waals surface area (Å²) in [5.41, 5.74) is 7.05. The Labute approximate surface area is 97.7 Å². The first-order valence-electron chi connectivity index (χ1n) is 4.97. The molecule has 2 aromatic heterocycles. The van der Waals surface area contributed by atoms with Gasteiger partial charge in [-0.25, -0.2) is 9.97 Å². The van der Waals surface area contributed by atoms with Gasteiger partial charge in [-0.2, -0.15) is 5.10 Å². The predicted molar refractivity (Wildman–Crippen MR) is 62.3 cm³/mol. The SMILES string of the molecule is Cc1nn(C)c(C(=O)Nc2ncccn2)c1N. The molecule has 0 aliphatic carbocycles. The Bertz CT molecular complexity index is 547. The van der Waals surface area contributed by atoms with Gasteiger partial charge in [0.25, 0.3) is 5.91 Å². The van der Waals surface area contributed by atoms with Crippen molar-refractivity contribution >= 4 is 17.5 Å². The van der Waals surface area contributed by atoms with Crippen LogP contribution in [0.4, 0.5) is 11.6 Å². The molecule has 88 valence electrons. The molecule has 0 aromatic carbocycles. The fourth-order valence-corrected chi connectivity index (χ4v) is 1.47. The van der Waals surface area contributed by atoms with E-state index >= 15 is 0 Å². The van der Waals surface area contributed by atoms with Gasteiger partial charge < -0.3 is 5.73 Å². The molecule has 0 spiro atoms. The van der Waals surface area contributed by atoms with Crippen LogP contribution in [0.25, 0.3) is 0 Å². The average Bonchev–Trinajstić information content (AvgIpc) is 2.54. The summed E-state index contributed by atoms with van der Waals surface area (Å²) in [4.78, 5) is 19.7. The van der Waals surface area contributed by atoms with E-state index in [0.717, 1.165) is 0 Å². The van der Waals surface area contributed by atoms with Crippen LogP contribution in [0.15, 0.2) is 18.5 Å². The molecular formula is C10H12N6O. The van der Waals surface area contributed by atoms with Crippen molar-refractivity contribution in [2.24, 2.45) is 7.05 Å². The number of aromatic nitrogens is 4. The van der Waals surface area contributed by atoms with Crippen molar-refractivity contribution in [3.63, 3.8) is 0 Å². The van der Waals surface area contributed by atoms with Crippen LogP contribution in [-0.4, -0.2) is 25.7 Å². The lowest BCUT2D eigenvalue weighted by Crippen LogP contribution is -2.18. The van der Waals surface area contributed by atoms with Gasteiger partial charge in [-0.3, -0.25) is 14.8 Å². The van der Waals surface area contributed by atoms with Crippen LogP contribution < -0.4 is 11.1 Å². The molecule has 0 fully saturated rings. The number of hydrogen-bond acceptors (Lipinski definition) is 5. The van der Waals surface area contributed by atoms with Crippen LogP contribution in [0.1, 0.15) is 16.2 Å². The van der Waals surface area contributed by atoms with E-state index in [1.54, 1.807) is 32.4 Å². The van der Waals surface area contributed by atoms with Gasteiger partial charge in [-0.1, -0.05) is 0 Å². The summed E-state index contributed by atoms with van der Waals surface area (Å²) in [6, 6.07) is 1.66. The number of nitrogens with one attached hydrogen (secondary N) is 1. The number of nitrogens with two attached hydrogens (primary N) is 1. The van der Waals surface area contributed by atoms with E-state index in [2.05, 4.69) is 20.4 Å². The highest BCUT2D eigenvalue weighted by atomic mass is 16.2. The molecule has 2 heterocycles. The Hall–Kier alpha value is -2.44. The van der Waals surface area contributed by atoms with Crippen molar-refractivity contribution in [1.29, 1.82) is 0 Å². The zero-order valence-electron chi connectivity index (χ0n) is 9.51. The third-order valence-corrected chi connectivity index (χ3v) is 2.27. The largest absolute Gasteiger partial charge is 0.395 e. The number of aryl methyl sites for hydroxylation is 2. The second-order valence-corrected chi connectivity index (χ2v) is 3.50. The lowest BCUT2D eigenvalue weighted by molar-refractivity contribution is 0.101. The standard InChI is InChI=1S/C10H12N6O/c1-6-7(11)8(16(2)15-6)9(17)14-10-12-4-3-5-13-10/h3-5H,11H2,1-2H3,(H,12,13,14,17). The number of hydrogen-bond donors (Lipinski definition) is 2. The predicted octanol–water partition coefficient (Wildman–Crippen LogP) is 0.353. The highest BCUT2D eigenvalue weighted by Gasteiger charge is 2.18. The summed E-state index contributed by atoms with van der Waals surface area (Å²) in [7, 11) is 1.66. The summed E-state index contributed by atoms with van der Waals surface area (Å²) in [5, 5.41) is 6.61. The molecule has 0 aliphatic heterocycles. The number of nitrogen functional groups attached to an aromatic ring is 1. The van der Waals surface area contributed by atoms with Gasteiger partial charge in [-0.05, 0) is 13.0 Å². The monoisotopic (exact) mass is 232 g/mol. The first kappa shape index (κ1) is 11.1. The fraction of sp³-hybridized carbons (Fsp3) is 0.200. The molecular weight excluding hydrogens is 220 g/mol. The van der Waals surface area contributed by atoms with Gasteiger partial charge in [0.2, 0.25) is 5.95 Å². The first-order chi connectivity index (χ1) is 8.09. The summed E-state index contributed by atoms with van der Waals surface area (Å²) in [6.07, 6.45) is 3.08. The Morgan fingerprint density at radius 1 is 1.41 bits per heavy atom. The molecule has 2 aromatic rings. The van der Waals surface area contributed by atoms with E-state index in [1.165, 1.54) is 4.68 Å². The molecule has 17 heavy (non-hydrogen) atoms. The van der Waals surface area contributed by atoms with Gasteiger partial charge in [0.1, 0.15) is 5.69 Å². The van der Waals surface area contributed by atoms with Crippen molar-refractivity contribution in [3.8, 4) is 0 Å². The molecule has 0 saturated heterocycles. The molecule has 2 rings (SSSR count). The van der Waals surface area contributed by atoms with Gasteiger partial charge >= 0.3 is 0 Å². The molecule has 0 unspecified atom stereocenters. The van der Waals surface area contributed by atoms with Crippen LogP contribution >= 0.6 is 0 Å². The third kappa shape index (κ3) is 2.07. The summed E-state index contributed by atoms with van der Waals surface area (Å²) in [6.45, 7) is 1.74. The summed E-state index contributed by atoms with van der Waals surface area (Å²) < 4.78 is 1.43. The molecule has 0 radical (unpaired) electrons. The fourth-order valence-electron chi connectivity index (χ4n) is 1.47. The highest BCUT2D eigenvalue weighted by Crippen LogP contribution is 2.15. The van der Waals surface area contributed by atoms with E-state index in [0.29, 0.717) is 17.1 Å². The summed E-state index contributed by atoms with van der Waals surface area (Å²) in [5.74, 6) is -0.146. The van der Waals surface area contributed by atoms with Crippen molar-refractivity contribution in [3.05, 3.63) is 29.8 Å². The van der Waals surface area contributed by atoms with Gasteiger partial charge in [0.05, 0.1) is 11.4 Å². The van der Waals surface area contributed by atoms with Crippen molar-refractivity contribution in [2.45, 2.75) is 6.92 Å². The second-order valence-electron chi connectivity index (χ2n) is 3.50. The molecule has 7 nitrogen and oxygen atoms in total. The minimum atomic E-state index is -0.378. The van der Waals surface area contributed by atoms with Crippen LogP contribution in [0.5, 0.6) is 0 Å². The molecule has 1 amide bonds. The Balaban J connectivity index is 2.27. The van der Waals surface area contributed by atoms with E-state index < -0.39 is 0 Å². The third-order valence-electron chi connectivity index (χ3n) is 2.27.